The third kappa shape index (κ3) is 2.60. The van der Waals surface area contributed by atoms with Crippen molar-refractivity contribution in [1.29, 1.82) is 5.26 Å². The smallest absolute Gasteiger partial charge is 0.337 e. The minimum absolute atomic E-state index is 0. The van der Waals surface area contributed by atoms with Crippen molar-refractivity contribution in [2.45, 2.75) is 0 Å². The molecule has 0 aromatic heterocycles. The predicted molar refractivity (Wildman–Crippen MR) is 45.7 cm³/mol. The van der Waals surface area contributed by atoms with Crippen molar-refractivity contribution in [3.8, 4) is 6.07 Å². The van der Waals surface area contributed by atoms with Gasteiger partial charge in [-0.1, -0.05) is 0 Å². The summed E-state index contributed by atoms with van der Waals surface area (Å²) in [5.74, 6) is -0.389. The number of nitriles is 1. The van der Waals surface area contributed by atoms with Crippen LogP contribution in [0.25, 0.3) is 0 Å². The van der Waals surface area contributed by atoms with E-state index in [1.54, 1.807) is 24.3 Å². The van der Waals surface area contributed by atoms with Crippen molar-refractivity contribution in [3.05, 3.63) is 42.8 Å². The van der Waals surface area contributed by atoms with Gasteiger partial charge in [0.2, 0.25) is 0 Å². The third-order valence-electron chi connectivity index (χ3n) is 1.44. The zero-order chi connectivity index (χ0) is 8.97. The van der Waals surface area contributed by atoms with Gasteiger partial charge < -0.3 is 4.74 Å². The number of carbonyl (C=O) groups is 1. The summed E-state index contributed by atoms with van der Waals surface area (Å²) >= 11 is 0. The second-order valence-electron chi connectivity index (χ2n) is 2.18. The minimum Gasteiger partial charge on any atom is -0.465 e. The van der Waals surface area contributed by atoms with E-state index in [0.717, 1.165) is 0 Å². The van der Waals surface area contributed by atoms with Gasteiger partial charge in [-0.2, -0.15) is 5.26 Å². The number of carbonyl (C=O) groups excluding carboxylic acids is 1. The Morgan fingerprint density at radius 3 is 2.31 bits per heavy atom. The van der Waals surface area contributed by atoms with Crippen LogP contribution in [-0.2, 0) is 4.74 Å². The number of esters is 1. The van der Waals surface area contributed by atoms with Gasteiger partial charge in [-0.25, -0.2) is 4.79 Å². The molecule has 64 valence electrons. The molecule has 4 radical (unpaired) electrons. The molecule has 0 amide bonds. The Kier molecular flexibility index (Phi) is 4.25. The van der Waals surface area contributed by atoms with Crippen LogP contribution in [0.2, 0.25) is 0 Å². The molecule has 0 bridgehead atoms. The van der Waals surface area contributed by atoms with Gasteiger partial charge in [-0.15, -0.1) is 0 Å². The van der Waals surface area contributed by atoms with Gasteiger partial charge in [-0.3, -0.25) is 0 Å². The van der Waals surface area contributed by atoms with Crippen LogP contribution < -0.4 is 0 Å². The quantitative estimate of drug-likeness (QED) is 0.603. The van der Waals surface area contributed by atoms with E-state index < -0.39 is 0 Å². The third-order valence-corrected chi connectivity index (χ3v) is 1.44. The lowest BCUT2D eigenvalue weighted by Gasteiger charge is -1.97. The van der Waals surface area contributed by atoms with Gasteiger partial charge in [0.1, 0.15) is 0 Å². The van der Waals surface area contributed by atoms with Crippen LogP contribution in [0.15, 0.2) is 24.3 Å². The summed E-state index contributed by atoms with van der Waals surface area (Å²) in [4.78, 5) is 10.9. The maximum atomic E-state index is 10.9. The highest BCUT2D eigenvalue weighted by atomic mass is 16.5. The van der Waals surface area contributed by atoms with Crippen molar-refractivity contribution in [2.75, 3.05) is 7.11 Å². The molecular weight excluding hydrogens is 166 g/mol. The SMILES string of the molecule is COC(=O)c1ccc(C#N)cc1.[C]. The van der Waals surface area contributed by atoms with Crippen molar-refractivity contribution in [1.82, 2.24) is 0 Å². The molecule has 0 saturated carbocycles. The highest BCUT2D eigenvalue weighted by Crippen LogP contribution is 2.03. The molecule has 1 aromatic rings. The molecule has 0 unspecified atom stereocenters. The average molecular weight is 173 g/mol. The van der Waals surface area contributed by atoms with Crippen molar-refractivity contribution in [2.24, 2.45) is 0 Å². The zero-order valence-corrected chi connectivity index (χ0v) is 7.07. The van der Waals surface area contributed by atoms with E-state index in [2.05, 4.69) is 4.74 Å². The Balaban J connectivity index is 0.00000144. The summed E-state index contributed by atoms with van der Waals surface area (Å²) in [5.41, 5.74) is 0.985. The molecule has 1 rings (SSSR count). The van der Waals surface area contributed by atoms with Gasteiger partial charge in [-0.05, 0) is 24.3 Å². The topological polar surface area (TPSA) is 50.1 Å². The number of nitrogens with zero attached hydrogens (tertiary/aromatic N) is 1. The van der Waals surface area contributed by atoms with Crippen LogP contribution in [0.5, 0.6) is 0 Å². The van der Waals surface area contributed by atoms with E-state index in [0.29, 0.717) is 11.1 Å². The molecule has 0 spiro atoms. The molecule has 1 aromatic carbocycles. The van der Waals surface area contributed by atoms with E-state index in [1.807, 2.05) is 6.07 Å². The second-order valence-corrected chi connectivity index (χ2v) is 2.18. The first-order valence-electron chi connectivity index (χ1n) is 3.36. The number of rotatable bonds is 1. The monoisotopic (exact) mass is 173 g/mol. The number of methoxy groups -OCH3 is 1. The van der Waals surface area contributed by atoms with Crippen LogP contribution in [-0.4, -0.2) is 13.1 Å². The Morgan fingerprint density at radius 2 is 1.92 bits per heavy atom. The molecule has 3 heteroatoms. The van der Waals surface area contributed by atoms with Crippen LogP contribution >= 0.6 is 0 Å². The lowest BCUT2D eigenvalue weighted by molar-refractivity contribution is 0.0601. The standard InChI is InChI=1S/C9H7NO2.C/c1-12-9(11)8-4-2-7(6-10)3-5-8;/h2-5H,1H3;. The zero-order valence-electron chi connectivity index (χ0n) is 7.07. The number of benzene rings is 1. The summed E-state index contributed by atoms with van der Waals surface area (Å²) in [5, 5.41) is 8.46. The van der Waals surface area contributed by atoms with Gasteiger partial charge in [0.25, 0.3) is 0 Å². The van der Waals surface area contributed by atoms with Crippen LogP contribution in [0.1, 0.15) is 15.9 Å². The van der Waals surface area contributed by atoms with Gasteiger partial charge in [0, 0.05) is 7.43 Å². The molecule has 0 fully saturated rings. The van der Waals surface area contributed by atoms with E-state index in [-0.39, 0.29) is 13.4 Å². The maximum absolute atomic E-state index is 10.9. The van der Waals surface area contributed by atoms with E-state index in [1.165, 1.54) is 7.11 Å². The fraction of sp³-hybridized carbons (Fsp3) is 0.100. The minimum atomic E-state index is -0.389. The van der Waals surface area contributed by atoms with Crippen LogP contribution in [0.4, 0.5) is 0 Å². The van der Waals surface area contributed by atoms with Crippen molar-refractivity contribution >= 4 is 5.97 Å². The molecule has 0 aliphatic carbocycles. The molecule has 0 atom stereocenters. The maximum Gasteiger partial charge on any atom is 0.337 e. The predicted octanol–water partition coefficient (Wildman–Crippen LogP) is 1.43. The summed E-state index contributed by atoms with van der Waals surface area (Å²) in [7, 11) is 1.32. The Morgan fingerprint density at radius 1 is 1.38 bits per heavy atom. The summed E-state index contributed by atoms with van der Waals surface area (Å²) in [6, 6.07) is 8.23. The molecule has 0 heterocycles. The summed E-state index contributed by atoms with van der Waals surface area (Å²) in [6.45, 7) is 0. The van der Waals surface area contributed by atoms with E-state index >= 15 is 0 Å². The Bertz CT molecular complexity index is 322. The lowest BCUT2D eigenvalue weighted by Crippen LogP contribution is -2.00. The second kappa shape index (κ2) is 4.94. The lowest BCUT2D eigenvalue weighted by atomic mass is 10.1. The molecule has 13 heavy (non-hydrogen) atoms. The largest absolute Gasteiger partial charge is 0.465 e. The highest BCUT2D eigenvalue weighted by Gasteiger charge is 2.03. The van der Waals surface area contributed by atoms with Gasteiger partial charge >= 0.3 is 5.97 Å². The molecule has 0 aliphatic heterocycles. The molecule has 0 saturated heterocycles. The number of ether oxygens (including phenoxy) is 1. The normalized spacial score (nSPS) is 8.00. The van der Waals surface area contributed by atoms with E-state index in [4.69, 9.17) is 5.26 Å². The molecule has 0 N–H and O–H groups in total. The first kappa shape index (κ1) is 11.2. The van der Waals surface area contributed by atoms with Crippen molar-refractivity contribution in [3.63, 3.8) is 0 Å². The van der Waals surface area contributed by atoms with Crippen LogP contribution in [0.3, 0.4) is 0 Å². The molecule has 0 aliphatic rings. The fourth-order valence-corrected chi connectivity index (χ4v) is 0.799. The fourth-order valence-electron chi connectivity index (χ4n) is 0.799. The van der Waals surface area contributed by atoms with Crippen LogP contribution in [0, 0.1) is 18.8 Å². The summed E-state index contributed by atoms with van der Waals surface area (Å²) in [6.07, 6.45) is 0. The first-order chi connectivity index (χ1) is 5.77. The molecular formula is C10H7NO2. The summed E-state index contributed by atoms with van der Waals surface area (Å²) < 4.78 is 4.49. The average Bonchev–Trinajstić information content (AvgIpc) is 2.17. The first-order valence-corrected chi connectivity index (χ1v) is 3.36. The Hall–Kier alpha value is -1.82. The Labute approximate surface area is 77.6 Å². The van der Waals surface area contributed by atoms with Crippen molar-refractivity contribution < 1.29 is 9.53 Å². The number of hydrogen-bond donors (Lipinski definition) is 0. The van der Waals surface area contributed by atoms with Gasteiger partial charge in [0.15, 0.2) is 0 Å². The van der Waals surface area contributed by atoms with E-state index in [9.17, 15) is 4.79 Å². The highest BCUT2D eigenvalue weighted by molar-refractivity contribution is 5.89. The molecule has 3 nitrogen and oxygen atoms in total. The number of hydrogen-bond acceptors (Lipinski definition) is 3. The van der Waals surface area contributed by atoms with Gasteiger partial charge in [0.05, 0.1) is 24.3 Å².